The molecule has 5 nitrogen and oxygen atoms in total. The van der Waals surface area contributed by atoms with E-state index in [4.69, 9.17) is 4.74 Å². The lowest BCUT2D eigenvalue weighted by atomic mass is 10.2. The Morgan fingerprint density at radius 3 is 2.65 bits per heavy atom. The van der Waals surface area contributed by atoms with Crippen LogP contribution in [0.2, 0.25) is 0 Å². The number of nitrogens with zero attached hydrogens (tertiary/aromatic N) is 4. The van der Waals surface area contributed by atoms with Crippen LogP contribution in [0.15, 0.2) is 29.9 Å². The number of halogens is 2. The molecule has 7 heteroatoms. The summed E-state index contributed by atoms with van der Waals surface area (Å²) in [5, 5.41) is 11.6. The van der Waals surface area contributed by atoms with E-state index in [1.165, 1.54) is 17.3 Å². The van der Waals surface area contributed by atoms with Crippen LogP contribution in [0.1, 0.15) is 5.56 Å². The molecule has 1 aromatic heterocycles. The largest absolute Gasteiger partial charge is 0.495 e. The maximum atomic E-state index is 5.36. The minimum absolute atomic E-state index is 0.822. The van der Waals surface area contributed by atoms with Crippen molar-refractivity contribution in [3.63, 3.8) is 0 Å². The SMILES string of the molecule is COc1c(I)cc(I)cc1C=Nn1cnnc1. The van der Waals surface area contributed by atoms with E-state index >= 15 is 0 Å². The number of ether oxygens (including phenoxy) is 1. The first kappa shape index (κ1) is 12.7. The van der Waals surface area contributed by atoms with Crippen LogP contribution in [0.3, 0.4) is 0 Å². The van der Waals surface area contributed by atoms with Gasteiger partial charge in [0, 0.05) is 9.13 Å². The van der Waals surface area contributed by atoms with E-state index in [1.54, 1.807) is 13.3 Å². The second-order valence-electron chi connectivity index (χ2n) is 3.10. The normalized spacial score (nSPS) is 11.0. The van der Waals surface area contributed by atoms with Crippen molar-refractivity contribution in [2.75, 3.05) is 7.11 Å². The first-order valence-corrected chi connectivity index (χ1v) is 6.78. The van der Waals surface area contributed by atoms with Crippen LogP contribution < -0.4 is 4.74 Å². The van der Waals surface area contributed by atoms with E-state index in [9.17, 15) is 0 Å². The zero-order valence-electron chi connectivity index (χ0n) is 8.84. The van der Waals surface area contributed by atoms with Crippen molar-refractivity contribution in [2.45, 2.75) is 0 Å². The van der Waals surface area contributed by atoms with Gasteiger partial charge in [0.1, 0.15) is 18.4 Å². The van der Waals surface area contributed by atoms with E-state index in [-0.39, 0.29) is 0 Å². The Morgan fingerprint density at radius 1 is 1.29 bits per heavy atom. The Bertz CT molecular complexity index is 539. The molecule has 1 aromatic carbocycles. The third-order valence-electron chi connectivity index (χ3n) is 1.98. The molecule has 0 N–H and O–H groups in total. The second kappa shape index (κ2) is 5.76. The van der Waals surface area contributed by atoms with Gasteiger partial charge in [-0.3, -0.25) is 0 Å². The van der Waals surface area contributed by atoms with Crippen LogP contribution in [0.5, 0.6) is 5.75 Å². The van der Waals surface area contributed by atoms with Crippen LogP contribution in [0.25, 0.3) is 0 Å². The fourth-order valence-corrected chi connectivity index (χ4v) is 3.39. The summed E-state index contributed by atoms with van der Waals surface area (Å²) in [6.07, 6.45) is 4.79. The van der Waals surface area contributed by atoms with Gasteiger partial charge < -0.3 is 4.74 Å². The maximum absolute atomic E-state index is 5.36. The summed E-state index contributed by atoms with van der Waals surface area (Å²) >= 11 is 4.51. The number of hydrogen-bond acceptors (Lipinski definition) is 4. The number of hydrogen-bond donors (Lipinski definition) is 0. The molecule has 0 aliphatic rings. The Morgan fingerprint density at radius 2 is 2.00 bits per heavy atom. The van der Waals surface area contributed by atoms with E-state index in [1.807, 2.05) is 6.07 Å². The summed E-state index contributed by atoms with van der Waals surface area (Å²) in [6.45, 7) is 0. The van der Waals surface area contributed by atoms with Crippen LogP contribution in [-0.4, -0.2) is 28.2 Å². The monoisotopic (exact) mass is 454 g/mol. The molecular formula is C10H8I2N4O. The Balaban J connectivity index is 2.38. The fraction of sp³-hybridized carbons (Fsp3) is 0.100. The lowest BCUT2D eigenvalue weighted by Crippen LogP contribution is -1.96. The molecule has 0 unspecified atom stereocenters. The highest BCUT2D eigenvalue weighted by atomic mass is 127. The molecule has 0 saturated carbocycles. The lowest BCUT2D eigenvalue weighted by molar-refractivity contribution is 0.411. The summed E-state index contributed by atoms with van der Waals surface area (Å²) in [5.41, 5.74) is 0.928. The molecule has 1 heterocycles. The van der Waals surface area contributed by atoms with Crippen molar-refractivity contribution in [1.82, 2.24) is 14.9 Å². The van der Waals surface area contributed by atoms with Gasteiger partial charge in [0.25, 0.3) is 0 Å². The first-order chi connectivity index (χ1) is 8.20. The third kappa shape index (κ3) is 3.15. The molecule has 0 fully saturated rings. The average Bonchev–Trinajstić information content (AvgIpc) is 2.78. The van der Waals surface area contributed by atoms with Gasteiger partial charge in [0.05, 0.1) is 16.9 Å². The van der Waals surface area contributed by atoms with Gasteiger partial charge in [0.15, 0.2) is 0 Å². The smallest absolute Gasteiger partial charge is 0.141 e. The minimum atomic E-state index is 0.822. The molecule has 88 valence electrons. The summed E-state index contributed by atoms with van der Waals surface area (Å²) in [7, 11) is 1.65. The Labute approximate surface area is 126 Å². The van der Waals surface area contributed by atoms with E-state index in [0.717, 1.165) is 18.5 Å². The van der Waals surface area contributed by atoms with Crippen LogP contribution in [0.4, 0.5) is 0 Å². The molecule has 0 aliphatic carbocycles. The maximum Gasteiger partial charge on any atom is 0.141 e. The molecule has 2 aromatic rings. The van der Waals surface area contributed by atoms with Crippen molar-refractivity contribution in [1.29, 1.82) is 0 Å². The van der Waals surface area contributed by atoms with Crippen molar-refractivity contribution in [3.05, 3.63) is 37.5 Å². The van der Waals surface area contributed by atoms with Crippen molar-refractivity contribution in [3.8, 4) is 5.75 Å². The highest BCUT2D eigenvalue weighted by molar-refractivity contribution is 14.1. The molecule has 0 atom stereocenters. The zero-order valence-corrected chi connectivity index (χ0v) is 13.2. The highest BCUT2D eigenvalue weighted by Crippen LogP contribution is 2.26. The van der Waals surface area contributed by atoms with Gasteiger partial charge >= 0.3 is 0 Å². The molecular weight excluding hydrogens is 446 g/mol. The quantitative estimate of drug-likeness (QED) is 0.529. The predicted octanol–water partition coefficient (Wildman–Crippen LogP) is 2.38. The summed E-state index contributed by atoms with van der Waals surface area (Å²) in [6, 6.07) is 4.06. The van der Waals surface area contributed by atoms with Gasteiger partial charge in [-0.25, -0.2) is 4.68 Å². The highest BCUT2D eigenvalue weighted by Gasteiger charge is 2.07. The second-order valence-corrected chi connectivity index (χ2v) is 5.50. The number of benzene rings is 1. The van der Waals surface area contributed by atoms with Crippen LogP contribution in [-0.2, 0) is 0 Å². The Kier molecular flexibility index (Phi) is 4.31. The van der Waals surface area contributed by atoms with Crippen molar-refractivity contribution < 1.29 is 4.74 Å². The van der Waals surface area contributed by atoms with Gasteiger partial charge in [-0.1, -0.05) is 0 Å². The van der Waals surface area contributed by atoms with Gasteiger partial charge in [-0.05, 0) is 57.3 Å². The standard InChI is InChI=1S/C10H8I2N4O/c1-17-10-7(2-8(11)3-9(10)12)4-15-16-5-13-14-6-16/h2-6H,1H3. The van der Waals surface area contributed by atoms with E-state index in [2.05, 4.69) is 66.5 Å². The predicted molar refractivity (Wildman–Crippen MR) is 81.4 cm³/mol. The summed E-state index contributed by atoms with van der Waals surface area (Å²) in [5.74, 6) is 0.822. The van der Waals surface area contributed by atoms with Crippen molar-refractivity contribution >= 4 is 51.4 Å². The first-order valence-electron chi connectivity index (χ1n) is 4.62. The lowest BCUT2D eigenvalue weighted by Gasteiger charge is -2.07. The molecule has 0 bridgehead atoms. The zero-order chi connectivity index (χ0) is 12.3. The van der Waals surface area contributed by atoms with Crippen LogP contribution >= 0.6 is 45.2 Å². The molecule has 0 amide bonds. The topological polar surface area (TPSA) is 52.3 Å². The fourth-order valence-electron chi connectivity index (χ4n) is 1.28. The molecule has 2 rings (SSSR count). The molecule has 0 aliphatic heterocycles. The van der Waals surface area contributed by atoms with E-state index < -0.39 is 0 Å². The molecule has 17 heavy (non-hydrogen) atoms. The molecule has 0 saturated heterocycles. The van der Waals surface area contributed by atoms with Crippen molar-refractivity contribution in [2.24, 2.45) is 5.10 Å². The van der Waals surface area contributed by atoms with Gasteiger partial charge in [-0.15, -0.1) is 10.2 Å². The molecule has 0 radical (unpaired) electrons. The van der Waals surface area contributed by atoms with E-state index in [0.29, 0.717) is 0 Å². The van der Waals surface area contributed by atoms with Crippen LogP contribution in [0, 0.1) is 7.14 Å². The minimum Gasteiger partial charge on any atom is -0.495 e. The summed E-state index contributed by atoms with van der Waals surface area (Å²) in [4.78, 5) is 0. The molecule has 0 spiro atoms. The van der Waals surface area contributed by atoms with Gasteiger partial charge in [0.2, 0.25) is 0 Å². The Hall–Kier alpha value is -0.710. The number of aromatic nitrogens is 3. The summed E-state index contributed by atoms with van der Waals surface area (Å²) < 4.78 is 9.09. The number of methoxy groups -OCH3 is 1. The third-order valence-corrected chi connectivity index (χ3v) is 3.40. The van der Waals surface area contributed by atoms with Gasteiger partial charge in [-0.2, -0.15) is 5.10 Å². The average molecular weight is 454 g/mol. The number of rotatable bonds is 3.